The number of anilines is 1. The van der Waals surface area contributed by atoms with Crippen LogP contribution in [-0.2, 0) is 10.0 Å². The molecule has 0 bridgehead atoms. The van der Waals surface area contributed by atoms with E-state index in [9.17, 15) is 31.5 Å². The van der Waals surface area contributed by atoms with Gasteiger partial charge in [0.15, 0.2) is 0 Å². The lowest BCUT2D eigenvalue weighted by atomic mass is 10.1. The Balaban J connectivity index is 1.54. The standard InChI is InChI=1S/C23H16F3NO6S/c1-13-19-12-16(6-11-20(19)32-21(13)22(28)29)27-34(30,31)18-9-4-15(5-10-18)14-2-7-17(8-3-14)33-23(24,25)26/h2-12,27H,1H3,(H,28,29). The second-order valence-corrected chi connectivity index (χ2v) is 8.96. The van der Waals surface area contributed by atoms with Gasteiger partial charge in [-0.1, -0.05) is 24.3 Å². The number of furan rings is 1. The Bertz CT molecular complexity index is 1470. The highest BCUT2D eigenvalue weighted by Crippen LogP contribution is 2.30. The van der Waals surface area contributed by atoms with Crippen molar-refractivity contribution in [1.82, 2.24) is 0 Å². The molecule has 0 aliphatic carbocycles. The van der Waals surface area contributed by atoms with Gasteiger partial charge in [-0.05, 0) is 60.5 Å². The molecule has 0 aliphatic rings. The van der Waals surface area contributed by atoms with Gasteiger partial charge in [-0.2, -0.15) is 0 Å². The SMILES string of the molecule is Cc1c(C(=O)O)oc2ccc(NS(=O)(=O)c3ccc(-c4ccc(OC(F)(F)F)cc4)cc3)cc12. The van der Waals surface area contributed by atoms with Crippen molar-refractivity contribution in [2.45, 2.75) is 18.2 Å². The minimum Gasteiger partial charge on any atom is -0.475 e. The van der Waals surface area contributed by atoms with Crippen molar-refractivity contribution < 1.29 is 40.6 Å². The molecule has 0 saturated carbocycles. The number of hydrogen-bond donors (Lipinski definition) is 2. The second kappa shape index (κ2) is 8.41. The first kappa shape index (κ1) is 23.2. The van der Waals surface area contributed by atoms with Crippen LogP contribution in [0.5, 0.6) is 5.75 Å². The summed E-state index contributed by atoms with van der Waals surface area (Å²) < 4.78 is 74.1. The molecule has 34 heavy (non-hydrogen) atoms. The van der Waals surface area contributed by atoms with Crippen LogP contribution in [0.25, 0.3) is 22.1 Å². The van der Waals surface area contributed by atoms with Crippen LogP contribution in [0.15, 0.2) is 76.0 Å². The number of carboxylic acids is 1. The zero-order valence-electron chi connectivity index (χ0n) is 17.4. The molecule has 1 aromatic heterocycles. The summed E-state index contributed by atoms with van der Waals surface area (Å²) in [6.45, 7) is 1.56. The van der Waals surface area contributed by atoms with E-state index in [1.165, 1.54) is 66.7 Å². The number of benzene rings is 3. The summed E-state index contributed by atoms with van der Waals surface area (Å²) in [6.07, 6.45) is -4.79. The summed E-state index contributed by atoms with van der Waals surface area (Å²) in [5.41, 5.74) is 2.07. The fraction of sp³-hybridized carbons (Fsp3) is 0.0870. The number of carboxylic acid groups (broad SMARTS) is 1. The fourth-order valence-corrected chi connectivity index (χ4v) is 4.43. The Hall–Kier alpha value is -3.99. The highest BCUT2D eigenvalue weighted by atomic mass is 32.2. The van der Waals surface area contributed by atoms with Gasteiger partial charge >= 0.3 is 12.3 Å². The summed E-state index contributed by atoms with van der Waals surface area (Å²) >= 11 is 0. The number of hydrogen-bond acceptors (Lipinski definition) is 5. The lowest BCUT2D eigenvalue weighted by molar-refractivity contribution is -0.274. The molecule has 0 fully saturated rings. The van der Waals surface area contributed by atoms with Gasteiger partial charge in [-0.3, -0.25) is 4.72 Å². The predicted molar refractivity (Wildman–Crippen MR) is 117 cm³/mol. The molecule has 0 spiro atoms. The Labute approximate surface area is 191 Å². The Morgan fingerprint density at radius 3 is 2.12 bits per heavy atom. The van der Waals surface area contributed by atoms with Gasteiger partial charge in [-0.15, -0.1) is 13.2 Å². The Kier molecular flexibility index (Phi) is 5.74. The molecule has 1 heterocycles. The van der Waals surface area contributed by atoms with Crippen molar-refractivity contribution in [3.63, 3.8) is 0 Å². The Morgan fingerprint density at radius 1 is 0.971 bits per heavy atom. The summed E-state index contributed by atoms with van der Waals surface area (Å²) in [5, 5.41) is 9.64. The molecule has 0 amide bonds. The average Bonchev–Trinajstić information content (AvgIpc) is 3.09. The number of fused-ring (bicyclic) bond motifs is 1. The van der Waals surface area contributed by atoms with E-state index in [4.69, 9.17) is 4.42 Å². The van der Waals surface area contributed by atoms with Crippen LogP contribution >= 0.6 is 0 Å². The monoisotopic (exact) mass is 491 g/mol. The van der Waals surface area contributed by atoms with Gasteiger partial charge in [0.1, 0.15) is 11.3 Å². The highest BCUT2D eigenvalue weighted by molar-refractivity contribution is 7.92. The molecule has 0 aliphatic heterocycles. The van der Waals surface area contributed by atoms with E-state index < -0.39 is 22.4 Å². The summed E-state index contributed by atoms with van der Waals surface area (Å²) in [4.78, 5) is 11.2. The summed E-state index contributed by atoms with van der Waals surface area (Å²) in [5.74, 6) is -1.80. The van der Waals surface area contributed by atoms with E-state index in [0.29, 0.717) is 27.7 Å². The molecule has 4 aromatic rings. The fourth-order valence-electron chi connectivity index (χ4n) is 3.38. The number of aromatic carboxylic acids is 1. The molecule has 7 nitrogen and oxygen atoms in total. The van der Waals surface area contributed by atoms with Crippen molar-refractivity contribution in [3.8, 4) is 16.9 Å². The van der Waals surface area contributed by atoms with E-state index in [1.807, 2.05) is 0 Å². The van der Waals surface area contributed by atoms with Gasteiger partial charge < -0.3 is 14.3 Å². The van der Waals surface area contributed by atoms with Crippen LogP contribution in [-0.4, -0.2) is 25.9 Å². The maximum absolute atomic E-state index is 12.8. The lowest BCUT2D eigenvalue weighted by Gasteiger charge is -2.10. The van der Waals surface area contributed by atoms with Crippen LogP contribution in [0, 0.1) is 6.92 Å². The summed E-state index contributed by atoms with van der Waals surface area (Å²) in [7, 11) is -3.97. The third-order valence-electron chi connectivity index (χ3n) is 4.97. The zero-order chi connectivity index (χ0) is 24.7. The largest absolute Gasteiger partial charge is 0.573 e. The molecule has 3 aromatic carbocycles. The highest BCUT2D eigenvalue weighted by Gasteiger charge is 2.31. The molecular formula is C23H16F3NO6S. The number of rotatable bonds is 6. The van der Waals surface area contributed by atoms with Gasteiger partial charge in [0, 0.05) is 16.6 Å². The normalized spacial score (nSPS) is 12.0. The van der Waals surface area contributed by atoms with Crippen LogP contribution < -0.4 is 9.46 Å². The molecule has 0 saturated heterocycles. The minimum absolute atomic E-state index is 0.0384. The van der Waals surface area contributed by atoms with Crippen molar-refractivity contribution in [1.29, 1.82) is 0 Å². The quantitative estimate of drug-likeness (QED) is 0.353. The zero-order valence-corrected chi connectivity index (χ0v) is 18.2. The Morgan fingerprint density at radius 2 is 1.56 bits per heavy atom. The third-order valence-corrected chi connectivity index (χ3v) is 6.37. The van der Waals surface area contributed by atoms with Crippen molar-refractivity contribution in [2.24, 2.45) is 0 Å². The lowest BCUT2D eigenvalue weighted by Crippen LogP contribution is -2.16. The number of halogens is 3. The van der Waals surface area contributed by atoms with E-state index in [0.717, 1.165) is 0 Å². The van der Waals surface area contributed by atoms with Gasteiger partial charge in [0.05, 0.1) is 4.90 Å². The first-order chi connectivity index (χ1) is 15.9. The van der Waals surface area contributed by atoms with E-state index in [-0.39, 0.29) is 22.1 Å². The van der Waals surface area contributed by atoms with Crippen molar-refractivity contribution in [2.75, 3.05) is 4.72 Å². The number of ether oxygens (including phenoxy) is 1. The molecule has 0 radical (unpaired) electrons. The average molecular weight is 491 g/mol. The molecule has 4 rings (SSSR count). The van der Waals surface area contributed by atoms with Crippen LogP contribution in [0.2, 0.25) is 0 Å². The number of nitrogens with one attached hydrogen (secondary N) is 1. The molecule has 2 N–H and O–H groups in total. The predicted octanol–water partition coefficient (Wildman–Crippen LogP) is 5.81. The van der Waals surface area contributed by atoms with Crippen molar-refractivity contribution in [3.05, 3.63) is 78.1 Å². The molecule has 0 unspecified atom stereocenters. The van der Waals surface area contributed by atoms with Crippen LogP contribution in [0.1, 0.15) is 16.1 Å². The molecule has 176 valence electrons. The van der Waals surface area contributed by atoms with Crippen molar-refractivity contribution >= 4 is 32.6 Å². The molecule has 11 heteroatoms. The van der Waals surface area contributed by atoms with Crippen LogP contribution in [0.4, 0.5) is 18.9 Å². The molecular weight excluding hydrogens is 475 g/mol. The maximum Gasteiger partial charge on any atom is 0.573 e. The van der Waals surface area contributed by atoms with Gasteiger partial charge in [0.25, 0.3) is 10.0 Å². The number of alkyl halides is 3. The third kappa shape index (κ3) is 4.84. The summed E-state index contributed by atoms with van der Waals surface area (Å²) in [6, 6.07) is 15.4. The van der Waals surface area contributed by atoms with E-state index >= 15 is 0 Å². The van der Waals surface area contributed by atoms with Gasteiger partial charge in [0.2, 0.25) is 5.76 Å². The van der Waals surface area contributed by atoms with E-state index in [1.54, 1.807) is 6.92 Å². The topological polar surface area (TPSA) is 106 Å². The number of sulfonamides is 1. The van der Waals surface area contributed by atoms with Crippen LogP contribution in [0.3, 0.4) is 0 Å². The maximum atomic E-state index is 12.8. The molecule has 0 atom stereocenters. The number of carbonyl (C=O) groups is 1. The first-order valence-electron chi connectivity index (χ1n) is 9.68. The number of aryl methyl sites for hydroxylation is 1. The minimum atomic E-state index is -4.79. The second-order valence-electron chi connectivity index (χ2n) is 7.27. The van der Waals surface area contributed by atoms with Gasteiger partial charge in [-0.25, -0.2) is 13.2 Å². The first-order valence-corrected chi connectivity index (χ1v) is 11.2. The smallest absolute Gasteiger partial charge is 0.475 e. The van der Waals surface area contributed by atoms with E-state index in [2.05, 4.69) is 9.46 Å².